The maximum atomic E-state index is 13.8. The maximum absolute atomic E-state index is 13.8. The lowest BCUT2D eigenvalue weighted by atomic mass is 10.1. The molecule has 0 spiro atoms. The topological polar surface area (TPSA) is 93.7 Å². The summed E-state index contributed by atoms with van der Waals surface area (Å²) in [6, 6.07) is 15.2. The highest BCUT2D eigenvalue weighted by Gasteiger charge is 2.17. The molecule has 1 amide bonds. The molecule has 1 aliphatic rings. The lowest BCUT2D eigenvalue weighted by molar-refractivity contribution is 0.0951. The van der Waals surface area contributed by atoms with E-state index in [-0.39, 0.29) is 28.6 Å². The normalized spacial score (nSPS) is 12.8. The van der Waals surface area contributed by atoms with E-state index in [9.17, 15) is 17.6 Å². The first kappa shape index (κ1) is 21.6. The van der Waals surface area contributed by atoms with Crippen LogP contribution in [0.25, 0.3) is 0 Å². The molecule has 4 rings (SSSR count). The summed E-state index contributed by atoms with van der Waals surface area (Å²) in [6.45, 7) is 2.78. The number of anilines is 1. The molecular formula is C23H21FN2O5S. The van der Waals surface area contributed by atoms with Crippen LogP contribution in [0.15, 0.2) is 65.6 Å². The van der Waals surface area contributed by atoms with Crippen LogP contribution in [0.1, 0.15) is 21.5 Å². The van der Waals surface area contributed by atoms with Crippen molar-refractivity contribution in [1.29, 1.82) is 0 Å². The van der Waals surface area contributed by atoms with E-state index in [2.05, 4.69) is 10.0 Å². The van der Waals surface area contributed by atoms with Crippen molar-refractivity contribution >= 4 is 21.6 Å². The van der Waals surface area contributed by atoms with Crippen molar-refractivity contribution in [2.24, 2.45) is 0 Å². The van der Waals surface area contributed by atoms with E-state index < -0.39 is 15.8 Å². The van der Waals surface area contributed by atoms with E-state index in [1.807, 2.05) is 6.07 Å². The lowest BCUT2D eigenvalue weighted by Gasteiger charge is -2.19. The highest BCUT2D eigenvalue weighted by atomic mass is 32.2. The van der Waals surface area contributed by atoms with Crippen LogP contribution in [0.3, 0.4) is 0 Å². The fourth-order valence-electron chi connectivity index (χ4n) is 3.16. The van der Waals surface area contributed by atoms with Crippen LogP contribution in [-0.2, 0) is 16.6 Å². The minimum Gasteiger partial charge on any atom is -0.486 e. The smallest absolute Gasteiger partial charge is 0.261 e. The second-order valence-electron chi connectivity index (χ2n) is 7.26. The van der Waals surface area contributed by atoms with Crippen molar-refractivity contribution in [3.05, 3.63) is 83.2 Å². The molecule has 32 heavy (non-hydrogen) atoms. The molecule has 1 heterocycles. The molecule has 0 saturated carbocycles. The summed E-state index contributed by atoms with van der Waals surface area (Å²) in [5.74, 6) is 0.314. The quantitative estimate of drug-likeness (QED) is 0.591. The van der Waals surface area contributed by atoms with Crippen LogP contribution in [0.2, 0.25) is 0 Å². The fraction of sp³-hybridized carbons (Fsp3) is 0.174. The van der Waals surface area contributed by atoms with Crippen molar-refractivity contribution in [3.8, 4) is 11.5 Å². The average Bonchev–Trinajstić information content (AvgIpc) is 2.79. The average molecular weight is 456 g/mol. The van der Waals surface area contributed by atoms with Gasteiger partial charge in [-0.05, 0) is 60.5 Å². The Morgan fingerprint density at radius 2 is 1.78 bits per heavy atom. The van der Waals surface area contributed by atoms with Crippen molar-refractivity contribution in [2.45, 2.75) is 18.4 Å². The minimum atomic E-state index is -4.01. The second-order valence-corrected chi connectivity index (χ2v) is 8.94. The van der Waals surface area contributed by atoms with Crippen molar-refractivity contribution < 1.29 is 27.1 Å². The summed E-state index contributed by atoms with van der Waals surface area (Å²) >= 11 is 0. The summed E-state index contributed by atoms with van der Waals surface area (Å²) in [5.41, 5.74) is 1.65. The summed E-state index contributed by atoms with van der Waals surface area (Å²) in [5, 5.41) is 2.80. The Morgan fingerprint density at radius 3 is 2.56 bits per heavy atom. The highest BCUT2D eigenvalue weighted by molar-refractivity contribution is 7.92. The molecule has 7 nitrogen and oxygen atoms in total. The number of fused-ring (bicyclic) bond motifs is 1. The molecule has 0 unspecified atom stereocenters. The van der Waals surface area contributed by atoms with Gasteiger partial charge in [-0.25, -0.2) is 12.8 Å². The van der Waals surface area contributed by atoms with Crippen LogP contribution < -0.4 is 19.5 Å². The summed E-state index contributed by atoms with van der Waals surface area (Å²) < 4.78 is 52.3. The molecule has 0 bridgehead atoms. The third-order valence-corrected chi connectivity index (χ3v) is 6.27. The molecule has 3 aromatic carbocycles. The predicted molar refractivity (Wildman–Crippen MR) is 117 cm³/mol. The number of carbonyl (C=O) groups is 1. The van der Waals surface area contributed by atoms with Gasteiger partial charge >= 0.3 is 0 Å². The molecular weight excluding hydrogens is 435 g/mol. The molecule has 0 aromatic heterocycles. The standard InChI is InChI=1S/C23H21FN2O5S/c1-15-5-7-19(13-20(15)24)32(28,29)26-18-4-2-3-17(12-18)23(27)25-14-16-6-8-21-22(11-16)31-10-9-30-21/h2-8,11-13,26H,9-10,14H2,1H3,(H,25,27). The first-order valence-electron chi connectivity index (χ1n) is 9.87. The summed E-state index contributed by atoms with van der Waals surface area (Å²) in [6.07, 6.45) is 0. The van der Waals surface area contributed by atoms with Gasteiger partial charge in [0.2, 0.25) is 0 Å². The van der Waals surface area contributed by atoms with Crippen molar-refractivity contribution in [1.82, 2.24) is 5.32 Å². The molecule has 0 fully saturated rings. The van der Waals surface area contributed by atoms with Crippen molar-refractivity contribution in [2.75, 3.05) is 17.9 Å². The van der Waals surface area contributed by atoms with Crippen LogP contribution in [0, 0.1) is 12.7 Å². The van der Waals surface area contributed by atoms with E-state index in [1.165, 1.54) is 24.3 Å². The highest BCUT2D eigenvalue weighted by Crippen LogP contribution is 2.30. The van der Waals surface area contributed by atoms with Crippen LogP contribution in [0.5, 0.6) is 11.5 Å². The number of hydrogen-bond acceptors (Lipinski definition) is 5. The number of benzene rings is 3. The molecule has 2 N–H and O–H groups in total. The van der Waals surface area contributed by atoms with Gasteiger partial charge in [0.15, 0.2) is 11.5 Å². The van der Waals surface area contributed by atoms with Gasteiger partial charge < -0.3 is 14.8 Å². The number of aryl methyl sites for hydroxylation is 1. The molecule has 1 aliphatic heterocycles. The van der Waals surface area contributed by atoms with Crippen LogP contribution in [0.4, 0.5) is 10.1 Å². The number of halogens is 1. The summed E-state index contributed by atoms with van der Waals surface area (Å²) in [4.78, 5) is 12.4. The van der Waals surface area contributed by atoms with Gasteiger partial charge in [-0.1, -0.05) is 18.2 Å². The zero-order chi connectivity index (χ0) is 22.7. The van der Waals surface area contributed by atoms with E-state index >= 15 is 0 Å². The Kier molecular flexibility index (Phi) is 6.00. The van der Waals surface area contributed by atoms with Gasteiger partial charge in [0.05, 0.1) is 4.90 Å². The molecule has 0 atom stereocenters. The number of sulfonamides is 1. The maximum Gasteiger partial charge on any atom is 0.261 e. The van der Waals surface area contributed by atoms with Crippen LogP contribution >= 0.6 is 0 Å². The predicted octanol–water partition coefficient (Wildman–Crippen LogP) is 3.64. The first-order chi connectivity index (χ1) is 15.3. The third-order valence-electron chi connectivity index (χ3n) is 4.89. The number of amides is 1. The van der Waals surface area contributed by atoms with Gasteiger partial charge in [-0.15, -0.1) is 0 Å². The van der Waals surface area contributed by atoms with E-state index in [0.29, 0.717) is 30.3 Å². The minimum absolute atomic E-state index is 0.193. The Hall–Kier alpha value is -3.59. The number of carbonyl (C=O) groups excluding carboxylic acids is 1. The second kappa shape index (κ2) is 8.88. The van der Waals surface area contributed by atoms with E-state index in [0.717, 1.165) is 11.6 Å². The first-order valence-corrected chi connectivity index (χ1v) is 11.4. The molecule has 3 aromatic rings. The molecule has 9 heteroatoms. The van der Waals surface area contributed by atoms with Gasteiger partial charge in [-0.2, -0.15) is 0 Å². The van der Waals surface area contributed by atoms with Crippen LogP contribution in [-0.4, -0.2) is 27.5 Å². The van der Waals surface area contributed by atoms with Gasteiger partial charge in [-0.3, -0.25) is 9.52 Å². The van der Waals surface area contributed by atoms with Crippen molar-refractivity contribution in [3.63, 3.8) is 0 Å². The number of hydrogen-bond donors (Lipinski definition) is 2. The molecule has 0 aliphatic carbocycles. The zero-order valence-corrected chi connectivity index (χ0v) is 18.0. The molecule has 0 radical (unpaired) electrons. The van der Waals surface area contributed by atoms with Gasteiger partial charge in [0.25, 0.3) is 15.9 Å². The zero-order valence-electron chi connectivity index (χ0n) is 17.2. The van der Waals surface area contributed by atoms with E-state index in [1.54, 1.807) is 31.2 Å². The Bertz CT molecular complexity index is 1280. The number of rotatable bonds is 6. The Morgan fingerprint density at radius 1 is 1.00 bits per heavy atom. The Balaban J connectivity index is 1.44. The van der Waals surface area contributed by atoms with E-state index in [4.69, 9.17) is 9.47 Å². The SMILES string of the molecule is Cc1ccc(S(=O)(=O)Nc2cccc(C(=O)NCc3ccc4c(c3)OCCO4)c2)cc1F. The van der Waals surface area contributed by atoms with Gasteiger partial charge in [0.1, 0.15) is 19.0 Å². The molecule has 0 saturated heterocycles. The molecule has 166 valence electrons. The third kappa shape index (κ3) is 4.83. The largest absolute Gasteiger partial charge is 0.486 e. The fourth-order valence-corrected chi connectivity index (χ4v) is 4.22. The summed E-state index contributed by atoms with van der Waals surface area (Å²) in [7, 11) is -4.01. The Labute approximate surface area is 185 Å². The lowest BCUT2D eigenvalue weighted by Crippen LogP contribution is -2.23. The monoisotopic (exact) mass is 456 g/mol. The number of ether oxygens (including phenoxy) is 2. The number of nitrogens with one attached hydrogen (secondary N) is 2. The van der Waals surface area contributed by atoms with Gasteiger partial charge in [0, 0.05) is 17.8 Å².